The van der Waals surface area contributed by atoms with E-state index in [4.69, 9.17) is 48.8 Å². The number of rotatable bonds is 16. The van der Waals surface area contributed by atoms with Crippen LogP contribution < -0.4 is 49.8 Å². The number of amides is 5. The van der Waals surface area contributed by atoms with Crippen LogP contribution in [-0.4, -0.2) is 116 Å². The Morgan fingerprint density at radius 3 is 1.19 bits per heavy atom. The fraction of sp³-hybridized carbons (Fsp3) is 0.243. The van der Waals surface area contributed by atoms with E-state index in [-0.39, 0.29) is 61.9 Å². The Hall–Kier alpha value is -10.7. The number of fused-ring (bicyclic) bond motifs is 3. The van der Waals surface area contributed by atoms with Gasteiger partial charge >= 0.3 is 13.1 Å². The minimum Gasteiger partial charge on any atom is -0.478 e. The summed E-state index contributed by atoms with van der Waals surface area (Å²) in [6.45, 7) is 0.614. The van der Waals surface area contributed by atoms with Gasteiger partial charge < -0.3 is 69.3 Å². The Bertz CT molecular complexity index is 4560. The second-order valence-electron chi connectivity index (χ2n) is 24.6. The number of halogens is 2. The maximum atomic E-state index is 13.4. The van der Waals surface area contributed by atoms with E-state index in [1.54, 1.807) is 64.6 Å². The third kappa shape index (κ3) is 15.5. The SMILES string of the molecule is CN(C)C(=O)c1ccc(-c2cc(NC(=O)C3(c4ccc5c(c4)OCO5)CC3)ccc2CC#N)cc1.CN(C)C(=O)c1ccc(B(O)O)cc1.N#CCc1ccc(NC(=O)C2(c3ccc4c(c3)OCO4)CC2)cc1Br.O=C(O)c1ccc(NC(=O)C2(c3ccc4c(c3)OCO4)CC2)cc1Br. The van der Waals surface area contributed by atoms with Crippen LogP contribution in [0.25, 0.3) is 11.1 Å². The lowest BCUT2D eigenvalue weighted by atomic mass is 9.80. The lowest BCUT2D eigenvalue weighted by Crippen LogP contribution is -2.30. The molecule has 0 radical (unpaired) electrons. The quantitative estimate of drug-likeness (QED) is 0.0490. The monoisotopic (exact) mass is 1460 g/mol. The molecule has 0 saturated heterocycles. The number of anilines is 3. The molecule has 99 heavy (non-hydrogen) atoms. The molecule has 3 aliphatic carbocycles. The first kappa shape index (κ1) is 69.6. The van der Waals surface area contributed by atoms with Crippen LogP contribution in [0.2, 0.25) is 0 Å². The van der Waals surface area contributed by atoms with Crippen LogP contribution in [0.5, 0.6) is 34.5 Å². The Morgan fingerprint density at radius 1 is 0.465 bits per heavy atom. The molecule has 3 saturated carbocycles. The molecule has 3 fully saturated rings. The van der Waals surface area contributed by atoms with E-state index in [2.05, 4.69) is 59.9 Å². The van der Waals surface area contributed by atoms with Crippen molar-refractivity contribution in [3.63, 3.8) is 0 Å². The van der Waals surface area contributed by atoms with Gasteiger partial charge in [0.1, 0.15) is 0 Å². The summed E-state index contributed by atoms with van der Waals surface area (Å²) in [6, 6.07) is 50.5. The molecule has 0 bridgehead atoms. The minimum absolute atomic E-state index is 0.0219. The van der Waals surface area contributed by atoms with Crippen molar-refractivity contribution in [1.82, 2.24) is 9.80 Å². The zero-order chi connectivity index (χ0) is 70.3. The number of hydrogen-bond acceptors (Lipinski definition) is 16. The van der Waals surface area contributed by atoms with Crippen molar-refractivity contribution in [3.8, 4) is 57.8 Å². The zero-order valence-corrected chi connectivity index (χ0v) is 57.3. The fourth-order valence-corrected chi connectivity index (χ4v) is 12.6. The molecule has 3 aliphatic heterocycles. The molecule has 0 unspecified atom stereocenters. The number of nitriles is 2. The summed E-state index contributed by atoms with van der Waals surface area (Å²) in [5.41, 5.74) is 8.15. The average Bonchev–Trinajstić information content (AvgIpc) is 1.61. The number of aromatic carboxylic acids is 1. The normalized spacial score (nSPS) is 14.8. The molecule has 504 valence electrons. The van der Waals surface area contributed by atoms with Crippen molar-refractivity contribution in [2.75, 3.05) is 64.5 Å². The van der Waals surface area contributed by atoms with E-state index >= 15 is 0 Å². The second kappa shape index (κ2) is 29.6. The van der Waals surface area contributed by atoms with Crippen LogP contribution in [-0.2, 0) is 43.5 Å². The molecule has 8 aromatic carbocycles. The van der Waals surface area contributed by atoms with Crippen molar-refractivity contribution in [3.05, 3.63) is 211 Å². The van der Waals surface area contributed by atoms with Gasteiger partial charge in [0.05, 0.1) is 46.8 Å². The largest absolute Gasteiger partial charge is 0.488 e. The van der Waals surface area contributed by atoms with E-state index in [0.717, 1.165) is 87.7 Å². The smallest absolute Gasteiger partial charge is 0.478 e. The standard InChI is InChI=1S/C28H25N3O4.C19H15BrN2O3.C18H14BrNO5.C9H12BNO3/c1-31(2)26(32)20-5-3-18(4-6-20)23-16-22(9-7-19(23)11-14-29)30-27(33)28(12-13-28)21-8-10-24-25(15-21)35-17-34-24;20-15-10-14(3-1-12(15)5-8-21)22-18(23)19(6-7-19)13-2-4-16-17(9-13)25-11-24-16;19-13-8-11(2-3-12(13)16(21)22)20-17(23)18(5-6-18)10-1-4-14-15(7-10)25-9-24-14;1-11(2)9(12)7-3-5-8(6-4-7)10(13)14/h3-10,15-16H,11-13,17H2,1-2H3,(H,30,33);1-4,9-10H,5-7,11H2,(H,22,23);1-4,7-8H,5-6,9H2,(H,20,23)(H,21,22);3-6,13-14H,1-2H3. The highest BCUT2D eigenvalue weighted by atomic mass is 79.9. The fourth-order valence-electron chi connectivity index (χ4n) is 11.5. The van der Waals surface area contributed by atoms with Crippen molar-refractivity contribution in [2.24, 2.45) is 0 Å². The second-order valence-corrected chi connectivity index (χ2v) is 26.3. The molecule has 22 nitrogen and oxygen atoms in total. The third-order valence-electron chi connectivity index (χ3n) is 17.7. The molecule has 3 heterocycles. The molecule has 14 rings (SSSR count). The van der Waals surface area contributed by atoms with Crippen molar-refractivity contribution >= 4 is 97.0 Å². The van der Waals surface area contributed by atoms with Gasteiger partial charge in [0, 0.05) is 65.3 Å². The lowest BCUT2D eigenvalue weighted by molar-refractivity contribution is -0.119. The van der Waals surface area contributed by atoms with Gasteiger partial charge in [-0.25, -0.2) is 4.79 Å². The number of carbonyl (C=O) groups is 6. The van der Waals surface area contributed by atoms with Gasteiger partial charge in [-0.05, 0) is 202 Å². The summed E-state index contributed by atoms with van der Waals surface area (Å²) >= 11 is 6.67. The highest BCUT2D eigenvalue weighted by Gasteiger charge is 2.54. The molecule has 6 aliphatic rings. The topological polar surface area (TPSA) is 309 Å². The van der Waals surface area contributed by atoms with Gasteiger partial charge in [0.25, 0.3) is 11.8 Å². The van der Waals surface area contributed by atoms with E-state index in [1.807, 2.05) is 103 Å². The molecule has 8 aromatic rings. The number of nitrogens with zero attached hydrogens (tertiary/aromatic N) is 4. The third-order valence-corrected chi connectivity index (χ3v) is 19.1. The van der Waals surface area contributed by atoms with E-state index < -0.39 is 29.3 Å². The molecule has 0 spiro atoms. The Morgan fingerprint density at radius 2 is 0.828 bits per heavy atom. The predicted molar refractivity (Wildman–Crippen MR) is 374 cm³/mol. The summed E-state index contributed by atoms with van der Waals surface area (Å²) in [5.74, 6) is 2.72. The van der Waals surface area contributed by atoms with Crippen LogP contribution in [0.1, 0.15) is 97.4 Å². The summed E-state index contributed by atoms with van der Waals surface area (Å²) in [4.78, 5) is 76.8. The van der Waals surface area contributed by atoms with Crippen LogP contribution in [0.4, 0.5) is 17.1 Å². The number of carbonyl (C=O) groups excluding carboxylic acids is 5. The summed E-state index contributed by atoms with van der Waals surface area (Å²) < 4.78 is 33.6. The summed E-state index contributed by atoms with van der Waals surface area (Å²) in [7, 11) is 5.26. The number of ether oxygens (including phenoxy) is 6. The summed E-state index contributed by atoms with van der Waals surface area (Å²) in [6.07, 6.45) is 5.23. The highest BCUT2D eigenvalue weighted by molar-refractivity contribution is 9.10. The number of carboxylic acid groups (broad SMARTS) is 1. The van der Waals surface area contributed by atoms with E-state index in [0.29, 0.717) is 73.3 Å². The maximum absolute atomic E-state index is 13.4. The Labute approximate surface area is 587 Å². The molecule has 0 aromatic heterocycles. The number of carboxylic acids is 1. The number of nitrogens with one attached hydrogen (secondary N) is 3. The average molecular weight is 1460 g/mol. The first-order valence-electron chi connectivity index (χ1n) is 31.4. The molecule has 0 atom stereocenters. The maximum Gasteiger partial charge on any atom is 0.488 e. The van der Waals surface area contributed by atoms with Gasteiger partial charge in [0.15, 0.2) is 34.5 Å². The lowest BCUT2D eigenvalue weighted by Gasteiger charge is -2.18. The van der Waals surface area contributed by atoms with Gasteiger partial charge in [-0.2, -0.15) is 10.5 Å². The van der Waals surface area contributed by atoms with Crippen LogP contribution in [0, 0.1) is 22.7 Å². The zero-order valence-electron chi connectivity index (χ0n) is 54.2. The van der Waals surface area contributed by atoms with Gasteiger partial charge in [-0.15, -0.1) is 0 Å². The van der Waals surface area contributed by atoms with E-state index in [9.17, 15) is 34.0 Å². The molecular weight excluding hydrogens is 1400 g/mol. The van der Waals surface area contributed by atoms with Crippen LogP contribution in [0.15, 0.2) is 167 Å². The highest BCUT2D eigenvalue weighted by Crippen LogP contribution is 2.54. The van der Waals surface area contributed by atoms with Crippen molar-refractivity contribution < 1.29 is 72.3 Å². The number of hydrogen-bond donors (Lipinski definition) is 6. The Kier molecular flexibility index (Phi) is 20.8. The van der Waals surface area contributed by atoms with Gasteiger partial charge in [0.2, 0.25) is 38.1 Å². The van der Waals surface area contributed by atoms with Crippen LogP contribution in [0.3, 0.4) is 0 Å². The van der Waals surface area contributed by atoms with Crippen molar-refractivity contribution in [1.29, 1.82) is 10.5 Å². The first-order valence-corrected chi connectivity index (χ1v) is 33.0. The van der Waals surface area contributed by atoms with Gasteiger partial charge in [-0.3, -0.25) is 24.0 Å². The number of benzene rings is 8. The molecular formula is C74H66BBr2N7O15. The first-order chi connectivity index (χ1) is 47.5. The van der Waals surface area contributed by atoms with Crippen LogP contribution >= 0.6 is 31.9 Å². The van der Waals surface area contributed by atoms with Crippen molar-refractivity contribution in [2.45, 2.75) is 67.6 Å². The minimum atomic E-state index is -1.49. The van der Waals surface area contributed by atoms with E-state index in [1.165, 1.54) is 28.0 Å². The predicted octanol–water partition coefficient (Wildman–Crippen LogP) is 11.0. The molecule has 6 N–H and O–H groups in total. The summed E-state index contributed by atoms with van der Waals surface area (Å²) in [5, 5.41) is 53.8. The molecule has 5 amide bonds. The van der Waals surface area contributed by atoms with Gasteiger partial charge in [-0.1, -0.05) is 70.5 Å². The Balaban J connectivity index is 0.000000139. The molecule has 25 heteroatoms.